The molecular formula is C14H17F2NO5S. The minimum atomic E-state index is -3.03. The summed E-state index contributed by atoms with van der Waals surface area (Å²) in [4.78, 5) is 24.4. The van der Waals surface area contributed by atoms with Gasteiger partial charge in [-0.25, -0.2) is 0 Å². The van der Waals surface area contributed by atoms with Crippen molar-refractivity contribution in [3.8, 4) is 5.75 Å². The Bertz CT molecular complexity index is 584. The molecule has 0 bridgehead atoms. The summed E-state index contributed by atoms with van der Waals surface area (Å²) in [5.74, 6) is -1.82. The van der Waals surface area contributed by atoms with Crippen LogP contribution in [-0.2, 0) is 9.53 Å². The Balaban J connectivity index is 2.08. The summed E-state index contributed by atoms with van der Waals surface area (Å²) < 4.78 is 34.2. The van der Waals surface area contributed by atoms with E-state index in [1.807, 2.05) is 0 Å². The minimum absolute atomic E-state index is 0.00963. The van der Waals surface area contributed by atoms with Crippen LogP contribution in [0.4, 0.5) is 8.78 Å². The lowest BCUT2D eigenvalue weighted by Crippen LogP contribution is -2.46. The summed E-state index contributed by atoms with van der Waals surface area (Å²) in [7, 11) is 0. The number of aliphatic carboxylic acids is 1. The van der Waals surface area contributed by atoms with Gasteiger partial charge in [-0.05, 0) is 25.8 Å². The summed E-state index contributed by atoms with van der Waals surface area (Å²) >= 11 is 1.02. The number of carbonyl (C=O) groups is 2. The number of hydrogen-bond acceptors (Lipinski definition) is 5. The predicted molar refractivity (Wildman–Crippen MR) is 78.1 cm³/mol. The molecule has 1 aliphatic rings. The average Bonchev–Trinajstić information content (AvgIpc) is 2.85. The Morgan fingerprint density at radius 2 is 2.13 bits per heavy atom. The van der Waals surface area contributed by atoms with E-state index in [0.29, 0.717) is 18.1 Å². The van der Waals surface area contributed by atoms with Gasteiger partial charge >= 0.3 is 12.6 Å². The van der Waals surface area contributed by atoms with Crippen LogP contribution in [0.5, 0.6) is 5.75 Å². The first kappa shape index (κ1) is 17.6. The highest BCUT2D eigenvalue weighted by atomic mass is 32.1. The molecule has 128 valence electrons. The number of hydrogen-bond donors (Lipinski definition) is 2. The van der Waals surface area contributed by atoms with E-state index in [1.54, 1.807) is 6.92 Å². The van der Waals surface area contributed by atoms with Crippen molar-refractivity contribution in [2.75, 3.05) is 19.8 Å². The van der Waals surface area contributed by atoms with Gasteiger partial charge < -0.3 is 19.9 Å². The van der Waals surface area contributed by atoms with Gasteiger partial charge in [-0.2, -0.15) is 8.78 Å². The van der Waals surface area contributed by atoms with Gasteiger partial charge in [0.2, 0.25) is 0 Å². The van der Waals surface area contributed by atoms with Gasteiger partial charge in [0.05, 0.1) is 5.41 Å². The molecule has 1 aliphatic heterocycles. The first-order chi connectivity index (χ1) is 10.8. The Labute approximate surface area is 135 Å². The van der Waals surface area contributed by atoms with Crippen LogP contribution in [0.3, 0.4) is 0 Å². The van der Waals surface area contributed by atoms with E-state index >= 15 is 0 Å². The topological polar surface area (TPSA) is 84.9 Å². The third-order valence-corrected chi connectivity index (χ3v) is 4.76. The molecule has 0 saturated carbocycles. The largest absolute Gasteiger partial charge is 0.481 e. The standard InChI is InChI=1S/C14H17F2NO5S/c1-8-6-9(22-13(15)16)10(23-8)11(18)17-7-14(12(19)20)2-4-21-5-3-14/h6,13H,2-5,7H2,1H3,(H,17,18)(H,19,20). The van der Waals surface area contributed by atoms with Crippen LogP contribution >= 0.6 is 11.3 Å². The fourth-order valence-electron chi connectivity index (χ4n) is 2.39. The molecule has 9 heteroatoms. The van der Waals surface area contributed by atoms with Gasteiger partial charge in [0.1, 0.15) is 10.6 Å². The van der Waals surface area contributed by atoms with Crippen molar-refractivity contribution in [3.05, 3.63) is 15.8 Å². The maximum atomic E-state index is 12.4. The lowest BCUT2D eigenvalue weighted by atomic mass is 9.80. The monoisotopic (exact) mass is 349 g/mol. The van der Waals surface area contributed by atoms with E-state index < -0.39 is 23.9 Å². The van der Waals surface area contributed by atoms with E-state index in [1.165, 1.54) is 6.07 Å². The second kappa shape index (κ2) is 7.22. The Kier molecular flexibility index (Phi) is 5.53. The molecule has 1 aromatic rings. The van der Waals surface area contributed by atoms with Crippen LogP contribution in [0.1, 0.15) is 27.4 Å². The molecule has 23 heavy (non-hydrogen) atoms. The molecule has 1 fully saturated rings. The van der Waals surface area contributed by atoms with Crippen molar-refractivity contribution in [3.63, 3.8) is 0 Å². The van der Waals surface area contributed by atoms with Crippen molar-refractivity contribution < 1.29 is 33.0 Å². The van der Waals surface area contributed by atoms with Crippen LogP contribution < -0.4 is 10.1 Å². The van der Waals surface area contributed by atoms with Gasteiger partial charge in [-0.1, -0.05) is 0 Å². The number of amides is 1. The second-order valence-corrected chi connectivity index (χ2v) is 6.57. The number of nitrogens with one attached hydrogen (secondary N) is 1. The lowest BCUT2D eigenvalue weighted by molar-refractivity contribution is -0.154. The van der Waals surface area contributed by atoms with Crippen LogP contribution in [0.2, 0.25) is 0 Å². The number of ether oxygens (including phenoxy) is 2. The highest BCUT2D eigenvalue weighted by Gasteiger charge is 2.40. The van der Waals surface area contributed by atoms with Crippen molar-refractivity contribution in [2.45, 2.75) is 26.4 Å². The molecule has 6 nitrogen and oxygen atoms in total. The number of carboxylic acid groups (broad SMARTS) is 1. The van der Waals surface area contributed by atoms with Crippen molar-refractivity contribution in [1.29, 1.82) is 0 Å². The van der Waals surface area contributed by atoms with Crippen LogP contribution in [0.15, 0.2) is 6.07 Å². The number of halogens is 2. The molecular weight excluding hydrogens is 332 g/mol. The summed E-state index contributed by atoms with van der Waals surface area (Å²) in [6.07, 6.45) is 0.568. The predicted octanol–water partition coefficient (Wildman–Crippen LogP) is 2.27. The third-order valence-electron chi connectivity index (χ3n) is 3.73. The van der Waals surface area contributed by atoms with E-state index in [-0.39, 0.29) is 30.0 Å². The van der Waals surface area contributed by atoms with Gasteiger partial charge in [0, 0.05) is 24.6 Å². The summed E-state index contributed by atoms with van der Waals surface area (Å²) in [5.41, 5.74) is -1.09. The van der Waals surface area contributed by atoms with E-state index in [0.717, 1.165) is 11.3 Å². The lowest BCUT2D eigenvalue weighted by Gasteiger charge is -2.33. The van der Waals surface area contributed by atoms with Crippen molar-refractivity contribution in [1.82, 2.24) is 5.32 Å². The number of aryl methyl sites for hydroxylation is 1. The van der Waals surface area contributed by atoms with E-state index in [4.69, 9.17) is 4.74 Å². The first-order valence-electron chi connectivity index (χ1n) is 6.99. The number of rotatable bonds is 6. The molecule has 2 heterocycles. The fourth-order valence-corrected chi connectivity index (χ4v) is 3.25. The zero-order chi connectivity index (χ0) is 17.0. The van der Waals surface area contributed by atoms with Crippen molar-refractivity contribution >= 4 is 23.2 Å². The second-order valence-electron chi connectivity index (χ2n) is 5.31. The van der Waals surface area contributed by atoms with E-state index in [2.05, 4.69) is 10.1 Å². The summed E-state index contributed by atoms with van der Waals surface area (Å²) in [5, 5.41) is 11.9. The van der Waals surface area contributed by atoms with E-state index in [9.17, 15) is 23.5 Å². The maximum Gasteiger partial charge on any atom is 0.387 e. The van der Waals surface area contributed by atoms with Crippen LogP contribution in [0.25, 0.3) is 0 Å². The average molecular weight is 349 g/mol. The molecule has 0 aromatic carbocycles. The first-order valence-corrected chi connectivity index (χ1v) is 7.80. The minimum Gasteiger partial charge on any atom is -0.481 e. The summed E-state index contributed by atoms with van der Waals surface area (Å²) in [6.45, 7) is -0.844. The molecule has 0 spiro atoms. The van der Waals surface area contributed by atoms with Crippen molar-refractivity contribution in [2.24, 2.45) is 5.41 Å². The van der Waals surface area contributed by atoms with Gasteiger partial charge in [-0.3, -0.25) is 9.59 Å². The Hall–Kier alpha value is -1.74. The molecule has 0 atom stereocenters. The number of thiophene rings is 1. The quantitative estimate of drug-likeness (QED) is 0.823. The van der Waals surface area contributed by atoms with Crippen LogP contribution in [0, 0.1) is 12.3 Å². The smallest absolute Gasteiger partial charge is 0.387 e. The fraction of sp³-hybridized carbons (Fsp3) is 0.571. The maximum absolute atomic E-state index is 12.4. The zero-order valence-corrected chi connectivity index (χ0v) is 13.3. The molecule has 2 rings (SSSR count). The molecule has 1 amide bonds. The number of alkyl halides is 2. The number of carboxylic acids is 1. The van der Waals surface area contributed by atoms with Gasteiger partial charge in [0.15, 0.2) is 0 Å². The normalized spacial score (nSPS) is 17.0. The Morgan fingerprint density at radius 3 is 2.70 bits per heavy atom. The SMILES string of the molecule is Cc1cc(OC(F)F)c(C(=O)NCC2(C(=O)O)CCOCC2)s1. The highest BCUT2D eigenvalue weighted by Crippen LogP contribution is 2.32. The van der Waals surface area contributed by atoms with Gasteiger partial charge in [-0.15, -0.1) is 11.3 Å². The molecule has 0 radical (unpaired) electrons. The highest BCUT2D eigenvalue weighted by molar-refractivity contribution is 7.14. The van der Waals surface area contributed by atoms with Gasteiger partial charge in [0.25, 0.3) is 5.91 Å². The molecule has 1 aromatic heterocycles. The Morgan fingerprint density at radius 1 is 1.48 bits per heavy atom. The van der Waals surface area contributed by atoms with Crippen LogP contribution in [-0.4, -0.2) is 43.4 Å². The third kappa shape index (κ3) is 4.17. The molecule has 0 unspecified atom stereocenters. The molecule has 0 aliphatic carbocycles. The molecule has 1 saturated heterocycles. The summed E-state index contributed by atoms with van der Waals surface area (Å²) in [6, 6.07) is 1.35. The zero-order valence-electron chi connectivity index (χ0n) is 12.4. The number of carbonyl (C=O) groups excluding carboxylic acids is 1. The molecule has 2 N–H and O–H groups in total.